The third-order valence-corrected chi connectivity index (χ3v) is 8.22. The number of hydrogen-bond donors (Lipinski definition) is 1. The highest BCUT2D eigenvalue weighted by Gasteiger charge is 2.31. The van der Waals surface area contributed by atoms with Gasteiger partial charge in [-0.15, -0.1) is 28.1 Å². The first kappa shape index (κ1) is 22.1. The van der Waals surface area contributed by atoms with Crippen molar-refractivity contribution in [3.63, 3.8) is 0 Å². The molecule has 0 saturated carbocycles. The summed E-state index contributed by atoms with van der Waals surface area (Å²) in [5.41, 5.74) is 1.74. The van der Waals surface area contributed by atoms with Gasteiger partial charge in [-0.1, -0.05) is 38.6 Å². The Hall–Kier alpha value is -2.13. The maximum Gasteiger partial charge on any atom is 0.324 e. The van der Waals surface area contributed by atoms with Gasteiger partial charge in [0.2, 0.25) is 5.91 Å². The first-order chi connectivity index (χ1) is 14.8. The zero-order chi connectivity index (χ0) is 22.2. The molecule has 1 aliphatic heterocycles. The van der Waals surface area contributed by atoms with Crippen LogP contribution in [0.15, 0.2) is 23.9 Å². The summed E-state index contributed by atoms with van der Waals surface area (Å²) in [5.74, 6) is 1.44. The Morgan fingerprint density at radius 1 is 1.42 bits per heavy atom. The molecule has 1 saturated heterocycles. The fourth-order valence-corrected chi connectivity index (χ4v) is 6.18. The molecule has 3 heterocycles. The van der Waals surface area contributed by atoms with Gasteiger partial charge in [0.05, 0.1) is 10.6 Å². The lowest BCUT2D eigenvalue weighted by molar-refractivity contribution is -0.124. The van der Waals surface area contributed by atoms with Crippen molar-refractivity contribution in [2.45, 2.75) is 51.7 Å². The number of rotatable bonds is 6. The third kappa shape index (κ3) is 4.57. The summed E-state index contributed by atoms with van der Waals surface area (Å²) in [6.07, 6.45) is 5.27. The summed E-state index contributed by atoms with van der Waals surface area (Å²) in [4.78, 5) is 27.9. The maximum absolute atomic E-state index is 12.4. The fourth-order valence-electron chi connectivity index (χ4n) is 4.16. The van der Waals surface area contributed by atoms with Crippen molar-refractivity contribution in [3.8, 4) is 10.7 Å². The van der Waals surface area contributed by atoms with Gasteiger partial charge in [-0.25, -0.2) is 4.79 Å². The molecule has 2 aliphatic rings. The predicted octanol–water partition coefficient (Wildman–Crippen LogP) is 3.99. The number of carbonyl (C=O) groups excluding carboxylic acids is 2. The number of thiophene rings is 1. The molecule has 0 aromatic carbocycles. The SMILES string of the molecule is C=CCn1c(SCC(=O)N2CCNC2=O)nnc1-c1cc2c(s1)CCC(C(C)(C)C)C2. The monoisotopic (exact) mass is 459 g/mol. The number of allylic oxidation sites excluding steroid dienone is 1. The molecule has 2 aromatic heterocycles. The number of imide groups is 1. The van der Waals surface area contributed by atoms with Gasteiger partial charge < -0.3 is 5.32 Å². The van der Waals surface area contributed by atoms with Crippen LogP contribution in [0.1, 0.15) is 37.6 Å². The number of aryl methyl sites for hydroxylation is 1. The van der Waals surface area contributed by atoms with E-state index in [1.165, 1.54) is 33.5 Å². The van der Waals surface area contributed by atoms with Gasteiger partial charge >= 0.3 is 6.03 Å². The Kier molecular flexibility index (Phi) is 6.25. The van der Waals surface area contributed by atoms with Crippen LogP contribution in [0.5, 0.6) is 0 Å². The van der Waals surface area contributed by atoms with E-state index in [-0.39, 0.29) is 17.7 Å². The summed E-state index contributed by atoms with van der Waals surface area (Å²) in [7, 11) is 0. The van der Waals surface area contributed by atoms with Crippen molar-refractivity contribution in [2.24, 2.45) is 11.3 Å². The van der Waals surface area contributed by atoms with Crippen LogP contribution in [-0.4, -0.2) is 50.4 Å². The van der Waals surface area contributed by atoms with Crippen LogP contribution in [0.3, 0.4) is 0 Å². The van der Waals surface area contributed by atoms with Gasteiger partial charge in [0, 0.05) is 24.5 Å². The lowest BCUT2D eigenvalue weighted by Gasteiger charge is -2.33. The van der Waals surface area contributed by atoms with Crippen LogP contribution < -0.4 is 5.32 Å². The molecule has 31 heavy (non-hydrogen) atoms. The largest absolute Gasteiger partial charge is 0.336 e. The van der Waals surface area contributed by atoms with Crippen molar-refractivity contribution in [1.29, 1.82) is 0 Å². The molecule has 9 heteroatoms. The highest BCUT2D eigenvalue weighted by atomic mass is 32.2. The minimum atomic E-state index is -0.323. The molecule has 0 bridgehead atoms. The predicted molar refractivity (Wildman–Crippen MR) is 124 cm³/mol. The molecule has 2 aromatic rings. The van der Waals surface area contributed by atoms with Crippen molar-refractivity contribution in [1.82, 2.24) is 25.0 Å². The standard InChI is InChI=1S/C22H29N5O2S2/c1-5-9-27-19(17-12-14-11-15(22(2,3)4)6-7-16(14)31-17)24-25-21(27)30-13-18(28)26-10-8-23-20(26)29/h5,12,15H,1,6-11,13H2,2-4H3,(H,23,29). The minimum Gasteiger partial charge on any atom is -0.336 e. The summed E-state index contributed by atoms with van der Waals surface area (Å²) >= 11 is 3.12. The van der Waals surface area contributed by atoms with E-state index in [0.717, 1.165) is 23.5 Å². The summed E-state index contributed by atoms with van der Waals surface area (Å²) in [5, 5.41) is 12.1. The number of aromatic nitrogens is 3. The van der Waals surface area contributed by atoms with E-state index >= 15 is 0 Å². The first-order valence-corrected chi connectivity index (χ1v) is 12.4. The number of nitrogens with zero attached hydrogens (tertiary/aromatic N) is 4. The molecule has 3 amide bonds. The number of fused-ring (bicyclic) bond motifs is 1. The maximum atomic E-state index is 12.4. The molecule has 7 nitrogen and oxygen atoms in total. The number of hydrogen-bond acceptors (Lipinski definition) is 6. The normalized spacial score (nSPS) is 18.7. The van der Waals surface area contributed by atoms with Crippen LogP contribution in [-0.2, 0) is 24.2 Å². The van der Waals surface area contributed by atoms with Crippen LogP contribution >= 0.6 is 23.1 Å². The molecule has 0 radical (unpaired) electrons. The van der Waals surface area contributed by atoms with Crippen molar-refractivity contribution < 1.29 is 9.59 Å². The summed E-state index contributed by atoms with van der Waals surface area (Å²) in [6.45, 7) is 12.3. The quantitative estimate of drug-likeness (QED) is 0.522. The molecule has 4 rings (SSSR count). The van der Waals surface area contributed by atoms with Crippen molar-refractivity contribution >= 4 is 35.0 Å². The molecule has 0 spiro atoms. The zero-order valence-corrected chi connectivity index (χ0v) is 19.9. The molecular formula is C22H29N5O2S2. The van der Waals surface area contributed by atoms with E-state index < -0.39 is 0 Å². The number of thioether (sulfide) groups is 1. The Morgan fingerprint density at radius 2 is 2.23 bits per heavy atom. The smallest absolute Gasteiger partial charge is 0.324 e. The Balaban J connectivity index is 1.53. The zero-order valence-electron chi connectivity index (χ0n) is 18.3. The van der Waals surface area contributed by atoms with E-state index in [9.17, 15) is 9.59 Å². The molecule has 1 N–H and O–H groups in total. The van der Waals surface area contributed by atoms with Crippen molar-refractivity contribution in [3.05, 3.63) is 29.2 Å². The molecule has 1 aliphatic carbocycles. The number of nitrogens with one attached hydrogen (secondary N) is 1. The lowest BCUT2D eigenvalue weighted by Crippen LogP contribution is -2.35. The third-order valence-electron chi connectivity index (χ3n) is 6.04. The van der Waals surface area contributed by atoms with E-state index in [1.807, 2.05) is 10.6 Å². The highest BCUT2D eigenvalue weighted by Crippen LogP contribution is 2.42. The van der Waals surface area contributed by atoms with Gasteiger partial charge in [0.15, 0.2) is 11.0 Å². The second-order valence-electron chi connectivity index (χ2n) is 9.14. The average Bonchev–Trinajstić information content (AvgIpc) is 3.43. The molecule has 1 fully saturated rings. The highest BCUT2D eigenvalue weighted by molar-refractivity contribution is 7.99. The molecule has 1 atom stereocenters. The Morgan fingerprint density at radius 3 is 2.90 bits per heavy atom. The summed E-state index contributed by atoms with van der Waals surface area (Å²) < 4.78 is 2.01. The Bertz CT molecular complexity index is 1000. The number of amides is 3. The van der Waals surface area contributed by atoms with Crippen LogP contribution in [0.25, 0.3) is 10.7 Å². The van der Waals surface area contributed by atoms with E-state index in [1.54, 1.807) is 11.3 Å². The molecule has 1 unspecified atom stereocenters. The van der Waals surface area contributed by atoms with Gasteiger partial charge in [-0.2, -0.15) is 0 Å². The van der Waals surface area contributed by atoms with E-state index in [4.69, 9.17) is 0 Å². The summed E-state index contributed by atoms with van der Waals surface area (Å²) in [6, 6.07) is 1.95. The fraction of sp³-hybridized carbons (Fsp3) is 0.545. The average molecular weight is 460 g/mol. The van der Waals surface area contributed by atoms with Crippen LogP contribution in [0.2, 0.25) is 0 Å². The van der Waals surface area contributed by atoms with Gasteiger partial charge in [-0.05, 0) is 42.2 Å². The van der Waals surface area contributed by atoms with Crippen molar-refractivity contribution in [2.75, 3.05) is 18.8 Å². The van der Waals surface area contributed by atoms with E-state index in [0.29, 0.717) is 36.1 Å². The first-order valence-electron chi connectivity index (χ1n) is 10.6. The lowest BCUT2D eigenvalue weighted by atomic mass is 9.72. The Labute approximate surface area is 191 Å². The van der Waals surface area contributed by atoms with Crippen LogP contribution in [0, 0.1) is 11.3 Å². The van der Waals surface area contributed by atoms with E-state index in [2.05, 4.69) is 48.9 Å². The van der Waals surface area contributed by atoms with Gasteiger partial charge in [-0.3, -0.25) is 14.3 Å². The van der Waals surface area contributed by atoms with Gasteiger partial charge in [0.1, 0.15) is 0 Å². The van der Waals surface area contributed by atoms with Crippen LogP contribution in [0.4, 0.5) is 4.79 Å². The van der Waals surface area contributed by atoms with Gasteiger partial charge in [0.25, 0.3) is 0 Å². The molecule has 166 valence electrons. The topological polar surface area (TPSA) is 80.1 Å². The molecular weight excluding hydrogens is 430 g/mol. The second kappa shape index (κ2) is 8.78. The number of urea groups is 1. The number of carbonyl (C=O) groups is 2. The minimum absolute atomic E-state index is 0.150. The second-order valence-corrected chi connectivity index (χ2v) is 11.2.